The molecular formula is C27H22O9. The maximum Gasteiger partial charge on any atom is 0.312 e. The molecule has 1 aromatic heterocycles. The van der Waals surface area contributed by atoms with Crippen LogP contribution in [0.15, 0.2) is 57.7 Å². The van der Waals surface area contributed by atoms with Crippen LogP contribution in [0.4, 0.5) is 0 Å². The number of hydrogen-bond acceptors (Lipinski definition) is 9. The van der Waals surface area contributed by atoms with E-state index in [-0.39, 0.29) is 34.5 Å². The first-order valence-corrected chi connectivity index (χ1v) is 11.0. The van der Waals surface area contributed by atoms with E-state index in [1.807, 2.05) is 6.07 Å². The molecule has 0 saturated heterocycles. The molecule has 2 heterocycles. The van der Waals surface area contributed by atoms with E-state index in [0.717, 1.165) is 0 Å². The summed E-state index contributed by atoms with van der Waals surface area (Å²) in [5.74, 6) is -1.78. The van der Waals surface area contributed by atoms with E-state index < -0.39 is 28.8 Å². The fourth-order valence-electron chi connectivity index (χ4n) is 4.54. The van der Waals surface area contributed by atoms with Gasteiger partial charge in [-0.3, -0.25) is 9.59 Å². The lowest BCUT2D eigenvalue weighted by Crippen LogP contribution is -2.22. The third kappa shape index (κ3) is 3.56. The van der Waals surface area contributed by atoms with Crippen molar-refractivity contribution < 1.29 is 38.4 Å². The summed E-state index contributed by atoms with van der Waals surface area (Å²) < 4.78 is 27.8. The number of carbonyl (C=O) groups is 1. The van der Waals surface area contributed by atoms with E-state index >= 15 is 0 Å². The van der Waals surface area contributed by atoms with E-state index in [4.69, 9.17) is 23.4 Å². The number of phenolic OH excluding ortho intramolecular Hbond substituents is 2. The Balaban J connectivity index is 1.86. The molecule has 0 unspecified atom stereocenters. The smallest absolute Gasteiger partial charge is 0.312 e. The number of phenols is 2. The summed E-state index contributed by atoms with van der Waals surface area (Å²) in [6.07, 6.45) is -0.135. The van der Waals surface area contributed by atoms with Crippen LogP contribution in [0.3, 0.4) is 0 Å². The zero-order valence-electron chi connectivity index (χ0n) is 19.7. The van der Waals surface area contributed by atoms with Crippen LogP contribution in [-0.4, -0.2) is 37.5 Å². The van der Waals surface area contributed by atoms with Crippen LogP contribution in [0.2, 0.25) is 0 Å². The third-order valence-electron chi connectivity index (χ3n) is 6.20. The molecular weight excluding hydrogens is 468 g/mol. The largest absolute Gasteiger partial charge is 0.504 e. The minimum atomic E-state index is -0.738. The SMILES string of the molecule is COc1cc([C@@H]2CC(=O)Oc3c(O)c(O)c4c(=O)cc(-c5ccccc5)oc4c32)cc(OC)c1OC. The molecule has 36 heavy (non-hydrogen) atoms. The fraction of sp³-hybridized carbons (Fsp3) is 0.185. The second-order valence-corrected chi connectivity index (χ2v) is 8.17. The van der Waals surface area contributed by atoms with Gasteiger partial charge in [0.15, 0.2) is 28.4 Å². The monoisotopic (exact) mass is 490 g/mol. The van der Waals surface area contributed by atoms with Gasteiger partial charge in [0.1, 0.15) is 16.7 Å². The van der Waals surface area contributed by atoms with Gasteiger partial charge in [-0.2, -0.15) is 0 Å². The summed E-state index contributed by atoms with van der Waals surface area (Å²) in [5.41, 5.74) is 0.865. The maximum atomic E-state index is 13.1. The van der Waals surface area contributed by atoms with Gasteiger partial charge in [-0.05, 0) is 17.7 Å². The number of fused-ring (bicyclic) bond motifs is 3. The van der Waals surface area contributed by atoms with E-state index in [1.165, 1.54) is 27.4 Å². The number of rotatable bonds is 5. The van der Waals surface area contributed by atoms with Gasteiger partial charge in [-0.25, -0.2) is 0 Å². The van der Waals surface area contributed by atoms with Gasteiger partial charge in [0.25, 0.3) is 0 Å². The van der Waals surface area contributed by atoms with Crippen LogP contribution in [0.25, 0.3) is 22.3 Å². The van der Waals surface area contributed by atoms with Gasteiger partial charge in [-0.15, -0.1) is 0 Å². The van der Waals surface area contributed by atoms with Crippen LogP contribution in [0.1, 0.15) is 23.5 Å². The van der Waals surface area contributed by atoms with Gasteiger partial charge in [0.2, 0.25) is 11.5 Å². The molecule has 1 aliphatic heterocycles. The fourth-order valence-corrected chi connectivity index (χ4v) is 4.54. The molecule has 1 atom stereocenters. The summed E-state index contributed by atoms with van der Waals surface area (Å²) in [4.78, 5) is 25.7. The van der Waals surface area contributed by atoms with Crippen molar-refractivity contribution in [3.8, 4) is 45.8 Å². The topological polar surface area (TPSA) is 125 Å². The van der Waals surface area contributed by atoms with Crippen molar-refractivity contribution in [2.45, 2.75) is 12.3 Å². The highest BCUT2D eigenvalue weighted by atomic mass is 16.5. The molecule has 0 spiro atoms. The zero-order chi connectivity index (χ0) is 25.6. The van der Waals surface area contributed by atoms with Crippen molar-refractivity contribution in [3.05, 3.63) is 69.9 Å². The van der Waals surface area contributed by atoms with Gasteiger partial charge >= 0.3 is 5.97 Å². The standard InChI is InChI=1S/C27H22O9/c1-32-18-9-14(10-19(33-2)25(18)34-3)15-11-20(29)36-27-21(15)26-22(23(30)24(27)31)16(28)12-17(35-26)13-7-5-4-6-8-13/h4-10,12,15,30-31H,11H2,1-3H3/t15-/m0/s1. The number of methoxy groups -OCH3 is 3. The number of hydrogen-bond donors (Lipinski definition) is 2. The Labute approximate surface area is 205 Å². The first-order valence-electron chi connectivity index (χ1n) is 11.0. The first-order chi connectivity index (χ1) is 17.4. The zero-order valence-corrected chi connectivity index (χ0v) is 19.7. The molecule has 0 amide bonds. The third-order valence-corrected chi connectivity index (χ3v) is 6.20. The lowest BCUT2D eigenvalue weighted by atomic mass is 9.84. The van der Waals surface area contributed by atoms with Crippen LogP contribution in [0.5, 0.6) is 34.5 Å². The summed E-state index contributed by atoms with van der Waals surface area (Å²) in [5, 5.41) is 21.2. The Kier molecular flexibility index (Phi) is 5.68. The summed E-state index contributed by atoms with van der Waals surface area (Å²) in [6.45, 7) is 0. The Bertz CT molecular complexity index is 1530. The van der Waals surface area contributed by atoms with Crippen LogP contribution in [0, 0.1) is 0 Å². The first kappa shape index (κ1) is 23.1. The minimum Gasteiger partial charge on any atom is -0.504 e. The highest BCUT2D eigenvalue weighted by molar-refractivity contribution is 5.96. The quantitative estimate of drug-likeness (QED) is 0.239. The summed E-state index contributed by atoms with van der Waals surface area (Å²) in [6, 6.07) is 13.5. The lowest BCUT2D eigenvalue weighted by Gasteiger charge is -2.27. The number of esters is 1. The van der Waals surface area contributed by atoms with E-state index in [1.54, 1.807) is 36.4 Å². The molecule has 0 saturated carbocycles. The van der Waals surface area contributed by atoms with E-state index in [9.17, 15) is 19.8 Å². The Morgan fingerprint density at radius 1 is 0.889 bits per heavy atom. The minimum absolute atomic E-state index is 0.00194. The molecule has 4 aromatic rings. The Morgan fingerprint density at radius 3 is 2.17 bits per heavy atom. The predicted octanol–water partition coefficient (Wildman–Crippen LogP) is 4.34. The molecule has 184 valence electrons. The Hall–Kier alpha value is -4.66. The summed E-state index contributed by atoms with van der Waals surface area (Å²) >= 11 is 0. The highest BCUT2D eigenvalue weighted by Gasteiger charge is 2.37. The van der Waals surface area contributed by atoms with Crippen molar-refractivity contribution in [1.82, 2.24) is 0 Å². The number of ether oxygens (including phenoxy) is 4. The summed E-state index contributed by atoms with van der Waals surface area (Å²) in [7, 11) is 4.41. The second-order valence-electron chi connectivity index (χ2n) is 8.17. The average Bonchev–Trinajstić information content (AvgIpc) is 2.90. The maximum absolute atomic E-state index is 13.1. The number of aromatic hydroxyl groups is 2. The van der Waals surface area contributed by atoms with E-state index in [0.29, 0.717) is 28.4 Å². The second kappa shape index (κ2) is 8.84. The molecule has 0 fully saturated rings. The number of carbonyl (C=O) groups excluding carboxylic acids is 1. The molecule has 3 aromatic carbocycles. The van der Waals surface area contributed by atoms with Crippen LogP contribution in [-0.2, 0) is 4.79 Å². The van der Waals surface area contributed by atoms with E-state index in [2.05, 4.69) is 0 Å². The van der Waals surface area contributed by atoms with Crippen LogP contribution >= 0.6 is 0 Å². The van der Waals surface area contributed by atoms with Crippen molar-refractivity contribution >= 4 is 16.9 Å². The van der Waals surface area contributed by atoms with Crippen molar-refractivity contribution in [1.29, 1.82) is 0 Å². The molecule has 9 nitrogen and oxygen atoms in total. The number of benzene rings is 3. The molecule has 5 rings (SSSR count). The highest BCUT2D eigenvalue weighted by Crippen LogP contribution is 2.53. The predicted molar refractivity (Wildman–Crippen MR) is 129 cm³/mol. The molecule has 9 heteroatoms. The molecule has 1 aliphatic rings. The van der Waals surface area contributed by atoms with Gasteiger partial charge < -0.3 is 33.6 Å². The van der Waals surface area contributed by atoms with Crippen molar-refractivity contribution in [2.24, 2.45) is 0 Å². The van der Waals surface area contributed by atoms with Crippen LogP contribution < -0.4 is 24.4 Å². The molecule has 0 radical (unpaired) electrons. The van der Waals surface area contributed by atoms with Gasteiger partial charge in [-0.1, -0.05) is 30.3 Å². The average molecular weight is 490 g/mol. The van der Waals surface area contributed by atoms with Gasteiger partial charge in [0, 0.05) is 17.5 Å². The van der Waals surface area contributed by atoms with Crippen molar-refractivity contribution in [2.75, 3.05) is 21.3 Å². The Morgan fingerprint density at radius 2 is 1.56 bits per heavy atom. The lowest BCUT2D eigenvalue weighted by molar-refractivity contribution is -0.135. The normalized spacial score (nSPS) is 14.8. The molecule has 2 N–H and O–H groups in total. The molecule has 0 aliphatic carbocycles. The van der Waals surface area contributed by atoms with Crippen molar-refractivity contribution in [3.63, 3.8) is 0 Å². The molecule has 0 bridgehead atoms. The van der Waals surface area contributed by atoms with Gasteiger partial charge in [0.05, 0.1) is 33.3 Å².